The number of ether oxygens (including phenoxy) is 1. The first-order valence-electron chi connectivity index (χ1n) is 14.4. The number of nitrogens with one attached hydrogen (secondary N) is 2. The number of hydrogen-bond acceptors (Lipinski definition) is 6. The van der Waals surface area contributed by atoms with Crippen molar-refractivity contribution in [2.45, 2.75) is 115 Å². The van der Waals surface area contributed by atoms with E-state index in [0.717, 1.165) is 64.2 Å². The molecule has 0 aromatic heterocycles. The fraction of sp³-hybridized carbons (Fsp3) is 0.821. The number of amides is 4. The Morgan fingerprint density at radius 3 is 2.21 bits per heavy atom. The highest BCUT2D eigenvalue weighted by Crippen LogP contribution is 2.43. The minimum atomic E-state index is -1.06. The van der Waals surface area contributed by atoms with Crippen LogP contribution in [0.3, 0.4) is 0 Å². The number of nitrogens with zero attached hydrogens (tertiary/aromatic N) is 1. The Bertz CT molecular complexity index is 936. The summed E-state index contributed by atoms with van der Waals surface area (Å²) in [6.45, 7) is 5.77. The molecule has 4 N–H and O–H groups in total. The molecule has 4 aliphatic rings. The van der Waals surface area contributed by atoms with Gasteiger partial charge in [-0.3, -0.25) is 19.2 Å². The molecule has 10 heteroatoms. The van der Waals surface area contributed by atoms with Crippen LogP contribution >= 0.6 is 0 Å². The minimum Gasteiger partial charge on any atom is -0.444 e. The van der Waals surface area contributed by atoms with Gasteiger partial charge >= 0.3 is 6.09 Å². The number of carbonyl (C=O) groups excluding carboxylic acids is 5. The second kappa shape index (κ2) is 11.6. The number of alkyl carbamates (subject to hydrolysis) is 1. The zero-order valence-corrected chi connectivity index (χ0v) is 23.0. The van der Waals surface area contributed by atoms with Gasteiger partial charge in [0.25, 0.3) is 5.91 Å². The molecule has 0 radical (unpaired) electrons. The molecule has 4 rings (SSSR count). The van der Waals surface area contributed by atoms with Crippen molar-refractivity contribution in [3.05, 3.63) is 0 Å². The van der Waals surface area contributed by atoms with Crippen LogP contribution in [0.4, 0.5) is 4.79 Å². The average Bonchev–Trinajstić information content (AvgIpc) is 3.42. The highest BCUT2D eigenvalue weighted by molar-refractivity contribution is 6.37. The lowest BCUT2D eigenvalue weighted by atomic mass is 9.83. The van der Waals surface area contributed by atoms with Gasteiger partial charge in [-0.15, -0.1) is 0 Å². The second-order valence-electron chi connectivity index (χ2n) is 12.8. The van der Waals surface area contributed by atoms with Crippen molar-refractivity contribution in [1.82, 2.24) is 15.5 Å². The third kappa shape index (κ3) is 6.86. The number of likely N-dealkylation sites (tertiary alicyclic amines) is 1. The van der Waals surface area contributed by atoms with E-state index in [4.69, 9.17) is 10.5 Å². The van der Waals surface area contributed by atoms with Crippen LogP contribution in [0.15, 0.2) is 0 Å². The van der Waals surface area contributed by atoms with E-state index in [-0.39, 0.29) is 29.6 Å². The van der Waals surface area contributed by atoms with E-state index in [2.05, 4.69) is 10.6 Å². The first-order valence-corrected chi connectivity index (χ1v) is 14.4. The van der Waals surface area contributed by atoms with Gasteiger partial charge in [0.1, 0.15) is 17.7 Å². The lowest BCUT2D eigenvalue weighted by Crippen LogP contribution is -2.59. The topological polar surface area (TPSA) is 148 Å². The van der Waals surface area contributed by atoms with Crippen molar-refractivity contribution in [2.24, 2.45) is 29.4 Å². The molecule has 3 saturated carbocycles. The van der Waals surface area contributed by atoms with Crippen LogP contribution in [0.5, 0.6) is 0 Å². The third-order valence-electron chi connectivity index (χ3n) is 8.64. The lowest BCUT2D eigenvalue weighted by molar-refractivity contribution is -0.144. The van der Waals surface area contributed by atoms with Crippen molar-refractivity contribution in [3.63, 3.8) is 0 Å². The summed E-state index contributed by atoms with van der Waals surface area (Å²) in [5, 5.41) is 5.66. The summed E-state index contributed by atoms with van der Waals surface area (Å²) in [6.07, 6.45) is 9.08. The molecular formula is C28H44N4O6. The summed E-state index contributed by atoms with van der Waals surface area (Å²) in [4.78, 5) is 66.5. The Labute approximate surface area is 225 Å². The molecule has 10 nitrogen and oxygen atoms in total. The largest absolute Gasteiger partial charge is 0.444 e. The molecule has 4 fully saturated rings. The first-order chi connectivity index (χ1) is 17.9. The maximum atomic E-state index is 14.1. The maximum absolute atomic E-state index is 14.1. The average molecular weight is 533 g/mol. The number of primary amides is 1. The summed E-state index contributed by atoms with van der Waals surface area (Å²) < 4.78 is 5.48. The predicted molar refractivity (Wildman–Crippen MR) is 140 cm³/mol. The first kappa shape index (κ1) is 28.4. The van der Waals surface area contributed by atoms with Gasteiger partial charge in [0, 0.05) is 6.54 Å². The Kier molecular flexibility index (Phi) is 8.67. The smallest absolute Gasteiger partial charge is 0.408 e. The quantitative estimate of drug-likeness (QED) is 0.389. The molecule has 1 saturated heterocycles. The van der Waals surface area contributed by atoms with Gasteiger partial charge < -0.3 is 26.0 Å². The number of rotatable bonds is 9. The fourth-order valence-electron chi connectivity index (χ4n) is 6.68. The van der Waals surface area contributed by atoms with Crippen molar-refractivity contribution < 1.29 is 28.7 Å². The zero-order chi connectivity index (χ0) is 27.6. The molecule has 1 unspecified atom stereocenters. The van der Waals surface area contributed by atoms with Crippen LogP contribution in [0.1, 0.15) is 91.4 Å². The Morgan fingerprint density at radius 2 is 1.61 bits per heavy atom. The van der Waals surface area contributed by atoms with Crippen molar-refractivity contribution >= 4 is 29.6 Å². The fourth-order valence-corrected chi connectivity index (χ4v) is 6.68. The highest BCUT2D eigenvalue weighted by Gasteiger charge is 2.52. The molecule has 1 heterocycles. The summed E-state index contributed by atoms with van der Waals surface area (Å²) in [7, 11) is 0. The second-order valence-corrected chi connectivity index (χ2v) is 12.8. The third-order valence-corrected chi connectivity index (χ3v) is 8.64. The van der Waals surface area contributed by atoms with E-state index in [1.807, 2.05) is 0 Å². The summed E-state index contributed by atoms with van der Waals surface area (Å²) >= 11 is 0. The molecule has 0 spiro atoms. The number of hydrogen-bond donors (Lipinski definition) is 3. The van der Waals surface area contributed by atoms with E-state index in [0.29, 0.717) is 13.0 Å². The van der Waals surface area contributed by atoms with Gasteiger partial charge in [0.05, 0.1) is 6.04 Å². The van der Waals surface area contributed by atoms with Crippen LogP contribution in [0.25, 0.3) is 0 Å². The van der Waals surface area contributed by atoms with Gasteiger partial charge in [-0.05, 0) is 76.5 Å². The Morgan fingerprint density at radius 1 is 0.921 bits per heavy atom. The number of fused-ring (bicyclic) bond motifs is 1. The van der Waals surface area contributed by atoms with Crippen LogP contribution in [-0.4, -0.2) is 64.8 Å². The predicted octanol–water partition coefficient (Wildman–Crippen LogP) is 2.43. The Balaban J connectivity index is 1.55. The number of Topliss-reactive ketones (excluding diaryl/α,β-unsaturated/α-hetero) is 1. The van der Waals surface area contributed by atoms with Gasteiger partial charge in [-0.25, -0.2) is 4.79 Å². The number of nitrogens with two attached hydrogens (primary N) is 1. The van der Waals surface area contributed by atoms with Gasteiger partial charge in [-0.1, -0.05) is 38.5 Å². The van der Waals surface area contributed by atoms with Gasteiger partial charge in [0.2, 0.25) is 17.6 Å². The SMILES string of the molecule is CC(C)(C)OC(=O)N[C@H](C(=O)N1C[C@@H]2CCC[C@@H]2[C@H]1C(=O)NC(CC1CC1)C(=O)C(N)=O)C1CCCCC1. The zero-order valence-electron chi connectivity index (χ0n) is 23.0. The van der Waals surface area contributed by atoms with Crippen LogP contribution in [0.2, 0.25) is 0 Å². The maximum Gasteiger partial charge on any atom is 0.408 e. The molecule has 1 aliphatic heterocycles. The van der Waals surface area contributed by atoms with E-state index < -0.39 is 47.4 Å². The van der Waals surface area contributed by atoms with Crippen molar-refractivity contribution in [1.29, 1.82) is 0 Å². The highest BCUT2D eigenvalue weighted by atomic mass is 16.6. The monoisotopic (exact) mass is 532 g/mol. The molecule has 0 bridgehead atoms. The molecule has 4 amide bonds. The molecule has 38 heavy (non-hydrogen) atoms. The molecule has 212 valence electrons. The molecule has 0 aromatic rings. The standard InChI is InChI=1S/C28H44N4O6/c1-28(2,3)38-27(37)31-21(17-8-5-4-6-9-17)26(36)32-15-18-10-7-11-19(18)22(32)25(35)30-20(14-16-12-13-16)23(33)24(29)34/h16-22H,4-15H2,1-3H3,(H2,29,34)(H,30,35)(H,31,37)/t18-,19-,20?,21-,22-/m0/s1. The number of ketones is 1. The number of carbonyl (C=O) groups is 5. The molecular weight excluding hydrogens is 488 g/mol. The normalized spacial score (nSPS) is 27.2. The van der Waals surface area contributed by atoms with Crippen LogP contribution in [-0.2, 0) is 23.9 Å². The van der Waals surface area contributed by atoms with Crippen molar-refractivity contribution in [3.8, 4) is 0 Å². The summed E-state index contributed by atoms with van der Waals surface area (Å²) in [5.41, 5.74) is 4.57. The molecule has 0 aromatic carbocycles. The lowest BCUT2D eigenvalue weighted by Gasteiger charge is -2.36. The van der Waals surface area contributed by atoms with Crippen LogP contribution in [0, 0.1) is 23.7 Å². The van der Waals surface area contributed by atoms with E-state index >= 15 is 0 Å². The van der Waals surface area contributed by atoms with Crippen LogP contribution < -0.4 is 16.4 Å². The van der Waals surface area contributed by atoms with E-state index in [1.54, 1.807) is 25.7 Å². The van der Waals surface area contributed by atoms with E-state index in [1.165, 1.54) is 0 Å². The van der Waals surface area contributed by atoms with E-state index in [9.17, 15) is 24.0 Å². The van der Waals surface area contributed by atoms with Gasteiger partial charge in [0.15, 0.2) is 0 Å². The Hall–Kier alpha value is -2.65. The minimum absolute atomic E-state index is 0.0160. The summed E-state index contributed by atoms with van der Waals surface area (Å²) in [6, 6.07) is -2.50. The molecule has 5 atom stereocenters. The van der Waals surface area contributed by atoms with Crippen molar-refractivity contribution in [2.75, 3.05) is 6.54 Å². The summed E-state index contributed by atoms with van der Waals surface area (Å²) in [5.74, 6) is -2.10. The van der Waals surface area contributed by atoms with Gasteiger partial charge in [-0.2, -0.15) is 0 Å². The molecule has 3 aliphatic carbocycles.